The number of hydrogen-bond donors (Lipinski definition) is 1. The molecule has 0 amide bonds. The Morgan fingerprint density at radius 1 is 1.32 bits per heavy atom. The Morgan fingerprint density at radius 2 is 2.11 bits per heavy atom. The molecule has 100 valence electrons. The van der Waals surface area contributed by atoms with E-state index in [-0.39, 0.29) is 0 Å². The smallest absolute Gasteiger partial charge is 0.104 e. The monoisotopic (exact) mass is 336 g/mol. The second-order valence-electron chi connectivity index (χ2n) is 4.28. The molecular formula is C15H17BrN2S. The van der Waals surface area contributed by atoms with E-state index in [1.165, 1.54) is 16.0 Å². The van der Waals surface area contributed by atoms with Crippen LogP contribution in [0, 0.1) is 6.92 Å². The topological polar surface area (TPSA) is 24.9 Å². The SMILES string of the molecule is CCNCc1cnc(Sc2ccccc2Br)c(C)c1. The summed E-state index contributed by atoms with van der Waals surface area (Å²) in [4.78, 5) is 5.76. The van der Waals surface area contributed by atoms with Gasteiger partial charge in [-0.3, -0.25) is 0 Å². The Kier molecular flexibility index (Phi) is 5.43. The first kappa shape index (κ1) is 14.6. The van der Waals surface area contributed by atoms with E-state index in [4.69, 9.17) is 0 Å². The van der Waals surface area contributed by atoms with Crippen LogP contribution in [0.3, 0.4) is 0 Å². The molecule has 19 heavy (non-hydrogen) atoms. The second kappa shape index (κ2) is 7.08. The third-order valence-corrected chi connectivity index (χ3v) is 4.86. The zero-order chi connectivity index (χ0) is 13.7. The minimum absolute atomic E-state index is 0.879. The van der Waals surface area contributed by atoms with E-state index in [2.05, 4.69) is 58.3 Å². The number of benzene rings is 1. The molecule has 1 aromatic carbocycles. The summed E-state index contributed by atoms with van der Waals surface area (Å²) in [5.41, 5.74) is 2.45. The van der Waals surface area contributed by atoms with Gasteiger partial charge in [0, 0.05) is 22.1 Å². The van der Waals surface area contributed by atoms with Gasteiger partial charge >= 0.3 is 0 Å². The van der Waals surface area contributed by atoms with Gasteiger partial charge in [-0.2, -0.15) is 0 Å². The summed E-state index contributed by atoms with van der Waals surface area (Å²) in [6.07, 6.45) is 1.95. The lowest BCUT2D eigenvalue weighted by molar-refractivity contribution is 0.721. The van der Waals surface area contributed by atoms with Gasteiger partial charge in [-0.1, -0.05) is 36.9 Å². The van der Waals surface area contributed by atoms with Crippen molar-refractivity contribution >= 4 is 27.7 Å². The Balaban J connectivity index is 2.15. The van der Waals surface area contributed by atoms with E-state index in [0.29, 0.717) is 0 Å². The lowest BCUT2D eigenvalue weighted by atomic mass is 10.2. The first-order chi connectivity index (χ1) is 9.20. The number of nitrogens with one attached hydrogen (secondary N) is 1. The van der Waals surface area contributed by atoms with Gasteiger partial charge in [-0.15, -0.1) is 0 Å². The molecule has 0 fully saturated rings. The van der Waals surface area contributed by atoms with Crippen LogP contribution in [0.25, 0.3) is 0 Å². The van der Waals surface area contributed by atoms with Gasteiger partial charge in [-0.05, 0) is 52.7 Å². The number of halogens is 1. The van der Waals surface area contributed by atoms with Crippen LogP contribution in [0.4, 0.5) is 0 Å². The highest BCUT2D eigenvalue weighted by Gasteiger charge is 2.06. The van der Waals surface area contributed by atoms with Crippen LogP contribution in [0.1, 0.15) is 18.1 Å². The van der Waals surface area contributed by atoms with Crippen molar-refractivity contribution in [3.05, 3.63) is 52.1 Å². The van der Waals surface area contributed by atoms with Crippen LogP contribution >= 0.6 is 27.7 Å². The molecule has 2 rings (SSSR count). The van der Waals surface area contributed by atoms with Crippen molar-refractivity contribution in [1.82, 2.24) is 10.3 Å². The van der Waals surface area contributed by atoms with E-state index < -0.39 is 0 Å². The maximum absolute atomic E-state index is 4.57. The molecule has 0 aliphatic rings. The van der Waals surface area contributed by atoms with Gasteiger partial charge in [-0.25, -0.2) is 4.98 Å². The summed E-state index contributed by atoms with van der Waals surface area (Å²) < 4.78 is 1.11. The van der Waals surface area contributed by atoms with Gasteiger partial charge in [0.25, 0.3) is 0 Å². The minimum Gasteiger partial charge on any atom is -0.313 e. The molecular weight excluding hydrogens is 320 g/mol. The summed E-state index contributed by atoms with van der Waals surface area (Å²) in [7, 11) is 0. The molecule has 0 bridgehead atoms. The average molecular weight is 337 g/mol. The first-order valence-corrected chi connectivity index (χ1v) is 7.90. The Hall–Kier alpha value is -0.840. The zero-order valence-corrected chi connectivity index (χ0v) is 13.5. The lowest BCUT2D eigenvalue weighted by Gasteiger charge is -2.08. The van der Waals surface area contributed by atoms with E-state index in [9.17, 15) is 0 Å². The fourth-order valence-corrected chi connectivity index (χ4v) is 3.10. The van der Waals surface area contributed by atoms with Gasteiger partial charge in [0.1, 0.15) is 5.03 Å². The van der Waals surface area contributed by atoms with Gasteiger partial charge in [0.05, 0.1) is 0 Å². The largest absolute Gasteiger partial charge is 0.313 e. The molecule has 0 spiro atoms. The van der Waals surface area contributed by atoms with Crippen LogP contribution in [0.2, 0.25) is 0 Å². The summed E-state index contributed by atoms with van der Waals surface area (Å²) in [5.74, 6) is 0. The van der Waals surface area contributed by atoms with Crippen molar-refractivity contribution < 1.29 is 0 Å². The highest BCUT2D eigenvalue weighted by molar-refractivity contribution is 9.10. The number of pyridine rings is 1. The van der Waals surface area contributed by atoms with E-state index in [1.54, 1.807) is 11.8 Å². The van der Waals surface area contributed by atoms with Crippen molar-refractivity contribution in [2.75, 3.05) is 6.54 Å². The predicted octanol–water partition coefficient (Wildman–Crippen LogP) is 4.41. The minimum atomic E-state index is 0.879. The molecule has 4 heteroatoms. The molecule has 2 nitrogen and oxygen atoms in total. The van der Waals surface area contributed by atoms with E-state index in [1.807, 2.05) is 18.3 Å². The highest BCUT2D eigenvalue weighted by atomic mass is 79.9. The Labute approximate surface area is 127 Å². The molecule has 1 heterocycles. The van der Waals surface area contributed by atoms with Crippen LogP contribution in [-0.4, -0.2) is 11.5 Å². The molecule has 0 saturated carbocycles. The summed E-state index contributed by atoms with van der Waals surface area (Å²) in [6.45, 7) is 6.08. The summed E-state index contributed by atoms with van der Waals surface area (Å²) in [6, 6.07) is 10.4. The standard InChI is InChI=1S/C15H17BrN2S/c1-3-17-9-12-8-11(2)15(18-10-12)19-14-7-5-4-6-13(14)16/h4-8,10,17H,3,9H2,1-2H3. The van der Waals surface area contributed by atoms with Gasteiger partial charge in [0.15, 0.2) is 0 Å². The van der Waals surface area contributed by atoms with Crippen LogP contribution in [0.15, 0.2) is 50.9 Å². The molecule has 2 aromatic rings. The normalized spacial score (nSPS) is 10.7. The molecule has 0 aliphatic carbocycles. The Morgan fingerprint density at radius 3 is 2.79 bits per heavy atom. The van der Waals surface area contributed by atoms with Crippen LogP contribution < -0.4 is 5.32 Å². The van der Waals surface area contributed by atoms with Crippen molar-refractivity contribution in [1.29, 1.82) is 0 Å². The average Bonchev–Trinajstić information content (AvgIpc) is 2.41. The van der Waals surface area contributed by atoms with Crippen molar-refractivity contribution in [2.45, 2.75) is 30.3 Å². The maximum Gasteiger partial charge on any atom is 0.104 e. The van der Waals surface area contributed by atoms with Crippen molar-refractivity contribution in [3.63, 3.8) is 0 Å². The maximum atomic E-state index is 4.57. The lowest BCUT2D eigenvalue weighted by Crippen LogP contribution is -2.12. The third-order valence-electron chi connectivity index (χ3n) is 2.71. The predicted molar refractivity (Wildman–Crippen MR) is 84.6 cm³/mol. The molecule has 0 atom stereocenters. The van der Waals surface area contributed by atoms with Crippen LogP contribution in [-0.2, 0) is 6.54 Å². The molecule has 0 radical (unpaired) electrons. The van der Waals surface area contributed by atoms with E-state index in [0.717, 1.165) is 22.6 Å². The first-order valence-electron chi connectivity index (χ1n) is 6.29. The van der Waals surface area contributed by atoms with Gasteiger partial charge < -0.3 is 5.32 Å². The Bertz CT molecular complexity index is 558. The number of hydrogen-bond acceptors (Lipinski definition) is 3. The molecule has 1 aromatic heterocycles. The van der Waals surface area contributed by atoms with Gasteiger partial charge in [0.2, 0.25) is 0 Å². The third kappa shape index (κ3) is 4.06. The van der Waals surface area contributed by atoms with Crippen LogP contribution in [0.5, 0.6) is 0 Å². The van der Waals surface area contributed by atoms with Crippen molar-refractivity contribution in [2.24, 2.45) is 0 Å². The number of nitrogens with zero attached hydrogens (tertiary/aromatic N) is 1. The molecule has 0 unspecified atom stereocenters. The molecule has 0 saturated heterocycles. The zero-order valence-electron chi connectivity index (χ0n) is 11.1. The quantitative estimate of drug-likeness (QED) is 0.875. The second-order valence-corrected chi connectivity index (χ2v) is 6.16. The fraction of sp³-hybridized carbons (Fsp3) is 0.267. The number of rotatable bonds is 5. The summed E-state index contributed by atoms with van der Waals surface area (Å²) in [5, 5.41) is 4.38. The number of aromatic nitrogens is 1. The highest BCUT2D eigenvalue weighted by Crippen LogP contribution is 2.33. The fourth-order valence-electron chi connectivity index (χ4n) is 1.72. The van der Waals surface area contributed by atoms with Crippen molar-refractivity contribution in [3.8, 4) is 0 Å². The molecule has 0 aliphatic heterocycles. The van der Waals surface area contributed by atoms with E-state index >= 15 is 0 Å². The number of aryl methyl sites for hydroxylation is 1. The molecule has 1 N–H and O–H groups in total. The summed E-state index contributed by atoms with van der Waals surface area (Å²) >= 11 is 5.26.